The molecule has 0 amide bonds. The number of phenolic OH excluding ortho intramolecular Hbond substituents is 1. The first-order chi connectivity index (χ1) is 13.8. The summed E-state index contributed by atoms with van der Waals surface area (Å²) >= 11 is 5.05. The maximum atomic E-state index is 12.1. The van der Waals surface area contributed by atoms with Gasteiger partial charge >= 0.3 is 5.97 Å². The van der Waals surface area contributed by atoms with Gasteiger partial charge in [0, 0.05) is 35.2 Å². The highest BCUT2D eigenvalue weighted by atomic mass is 32.1. The van der Waals surface area contributed by atoms with Crippen LogP contribution < -0.4 is 10.1 Å². The molecule has 0 saturated heterocycles. The molecule has 2 unspecified atom stereocenters. The Morgan fingerprint density at radius 3 is 2.66 bits per heavy atom. The van der Waals surface area contributed by atoms with Crippen LogP contribution in [0.3, 0.4) is 0 Å². The number of phenols is 1. The minimum atomic E-state index is -1.07. The van der Waals surface area contributed by atoms with Crippen LogP contribution in [0.2, 0.25) is 0 Å². The molecule has 29 heavy (non-hydrogen) atoms. The molecule has 2 aromatic carbocycles. The largest absolute Gasteiger partial charge is 0.508 e. The summed E-state index contributed by atoms with van der Waals surface area (Å²) in [6.07, 6.45) is 4.59. The number of rotatable bonds is 3. The lowest BCUT2D eigenvalue weighted by molar-refractivity contribution is -0.110. The number of fused-ring (bicyclic) bond motifs is 2. The number of carbonyl (C=O) groups is 2. The van der Waals surface area contributed by atoms with Crippen LogP contribution in [0, 0.1) is 5.92 Å². The Balaban J connectivity index is 1.91. The number of allylic oxidation sites excluding steroid dienone is 3. The van der Waals surface area contributed by atoms with Crippen molar-refractivity contribution < 1.29 is 24.5 Å². The molecular formula is C22H17NO5S. The van der Waals surface area contributed by atoms with E-state index in [1.807, 2.05) is 0 Å². The van der Waals surface area contributed by atoms with Crippen molar-refractivity contribution in [2.75, 3.05) is 5.32 Å². The highest BCUT2D eigenvalue weighted by Crippen LogP contribution is 2.49. The number of carbonyl (C=O) groups excluding carboxylic acids is 1. The number of nitrogens with one attached hydrogen (secondary N) is 1. The predicted molar refractivity (Wildman–Crippen MR) is 112 cm³/mol. The van der Waals surface area contributed by atoms with Gasteiger partial charge < -0.3 is 20.3 Å². The molecule has 1 aliphatic heterocycles. The standard InChI is InChI=1S/C22H17NO5S/c1-11(29)23-12-2-5-15(18(8-12)22(26)27)21-16-6-3-13(24)9-19(16)28-20-10-14(25)4-7-17(20)21/h2-10,16,21,25H,1H3,(H,23,29)(H,26,27). The maximum absolute atomic E-state index is 12.1. The van der Waals surface area contributed by atoms with Gasteiger partial charge in [-0.2, -0.15) is 0 Å². The summed E-state index contributed by atoms with van der Waals surface area (Å²) in [6, 6.07) is 9.79. The van der Waals surface area contributed by atoms with Crippen LogP contribution >= 0.6 is 12.2 Å². The molecule has 2 atom stereocenters. The zero-order valence-electron chi connectivity index (χ0n) is 15.4. The average Bonchev–Trinajstić information content (AvgIpc) is 2.65. The third-order valence-corrected chi connectivity index (χ3v) is 5.04. The zero-order valence-corrected chi connectivity index (χ0v) is 16.2. The predicted octanol–water partition coefficient (Wildman–Crippen LogP) is 4.01. The number of anilines is 1. The summed E-state index contributed by atoms with van der Waals surface area (Å²) in [7, 11) is 0. The molecule has 0 saturated carbocycles. The van der Waals surface area contributed by atoms with E-state index in [2.05, 4.69) is 5.32 Å². The minimum Gasteiger partial charge on any atom is -0.508 e. The van der Waals surface area contributed by atoms with E-state index in [1.54, 1.807) is 37.3 Å². The first-order valence-electron chi connectivity index (χ1n) is 8.93. The molecule has 0 bridgehead atoms. The van der Waals surface area contributed by atoms with Crippen molar-refractivity contribution in [3.8, 4) is 11.5 Å². The summed E-state index contributed by atoms with van der Waals surface area (Å²) in [4.78, 5) is 24.4. The van der Waals surface area contributed by atoms with E-state index in [9.17, 15) is 19.8 Å². The van der Waals surface area contributed by atoms with E-state index in [4.69, 9.17) is 17.0 Å². The molecule has 1 heterocycles. The van der Waals surface area contributed by atoms with E-state index >= 15 is 0 Å². The van der Waals surface area contributed by atoms with E-state index < -0.39 is 11.9 Å². The number of hydrogen-bond donors (Lipinski definition) is 3. The van der Waals surface area contributed by atoms with Crippen molar-refractivity contribution in [2.45, 2.75) is 12.8 Å². The first-order valence-corrected chi connectivity index (χ1v) is 9.33. The summed E-state index contributed by atoms with van der Waals surface area (Å²) in [5.74, 6) is -1.17. The maximum Gasteiger partial charge on any atom is 0.336 e. The fourth-order valence-electron chi connectivity index (χ4n) is 3.79. The first kappa shape index (κ1) is 18.9. The van der Waals surface area contributed by atoms with Crippen LogP contribution in [0.15, 0.2) is 60.4 Å². The molecule has 2 aliphatic rings. The van der Waals surface area contributed by atoms with Crippen LogP contribution in [0.25, 0.3) is 0 Å². The highest BCUT2D eigenvalue weighted by molar-refractivity contribution is 7.80. The number of benzene rings is 2. The van der Waals surface area contributed by atoms with Gasteiger partial charge in [-0.3, -0.25) is 4.79 Å². The third-order valence-electron chi connectivity index (χ3n) is 4.94. The van der Waals surface area contributed by atoms with Crippen molar-refractivity contribution in [1.29, 1.82) is 0 Å². The number of hydrogen-bond acceptors (Lipinski definition) is 5. The highest BCUT2D eigenvalue weighted by Gasteiger charge is 2.38. The monoisotopic (exact) mass is 407 g/mol. The van der Waals surface area contributed by atoms with Crippen LogP contribution in [0.4, 0.5) is 5.69 Å². The number of aromatic hydroxyl groups is 1. The Hall–Kier alpha value is -3.45. The fourth-order valence-corrected chi connectivity index (χ4v) is 3.91. The summed E-state index contributed by atoms with van der Waals surface area (Å²) in [6.45, 7) is 1.71. The van der Waals surface area contributed by atoms with Crippen molar-refractivity contribution >= 4 is 34.6 Å². The summed E-state index contributed by atoms with van der Waals surface area (Å²) in [5.41, 5.74) is 2.02. The van der Waals surface area contributed by atoms with Gasteiger partial charge in [-0.25, -0.2) is 4.79 Å². The molecule has 0 fully saturated rings. The fraction of sp³-hybridized carbons (Fsp3) is 0.136. The minimum absolute atomic E-state index is 0.0219. The van der Waals surface area contributed by atoms with Crippen LogP contribution in [-0.2, 0) is 4.79 Å². The van der Waals surface area contributed by atoms with Gasteiger partial charge in [0.2, 0.25) is 0 Å². The van der Waals surface area contributed by atoms with E-state index in [0.29, 0.717) is 27.7 Å². The Labute approximate surface area is 172 Å². The van der Waals surface area contributed by atoms with Gasteiger partial charge in [0.1, 0.15) is 17.3 Å². The molecule has 3 N–H and O–H groups in total. The Morgan fingerprint density at radius 2 is 1.93 bits per heavy atom. The zero-order chi connectivity index (χ0) is 20.7. The molecule has 6 nitrogen and oxygen atoms in total. The Bertz CT molecular complexity index is 1120. The van der Waals surface area contributed by atoms with E-state index in [-0.39, 0.29) is 23.0 Å². The molecule has 7 heteroatoms. The number of ketones is 1. The Morgan fingerprint density at radius 1 is 1.17 bits per heavy atom. The van der Waals surface area contributed by atoms with Crippen LogP contribution in [0.5, 0.6) is 11.5 Å². The Kier molecular flexibility index (Phi) is 4.68. The van der Waals surface area contributed by atoms with Gasteiger partial charge in [-0.05, 0) is 36.8 Å². The molecular weight excluding hydrogens is 390 g/mol. The second-order valence-corrected chi connectivity index (χ2v) is 7.54. The molecule has 0 radical (unpaired) electrons. The molecule has 2 aromatic rings. The quantitative estimate of drug-likeness (QED) is 0.662. The lowest BCUT2D eigenvalue weighted by Gasteiger charge is -2.35. The topological polar surface area (TPSA) is 95.9 Å². The number of thiocarbonyl (C=S) groups is 1. The molecule has 4 rings (SSSR count). The number of ether oxygens (including phenoxy) is 1. The van der Waals surface area contributed by atoms with Gasteiger partial charge in [0.15, 0.2) is 5.78 Å². The van der Waals surface area contributed by atoms with E-state index in [1.165, 1.54) is 24.3 Å². The van der Waals surface area contributed by atoms with Crippen molar-refractivity contribution in [3.05, 3.63) is 77.1 Å². The van der Waals surface area contributed by atoms with E-state index in [0.717, 1.165) is 5.56 Å². The normalized spacial score (nSPS) is 19.5. The van der Waals surface area contributed by atoms with Crippen molar-refractivity contribution in [2.24, 2.45) is 5.92 Å². The van der Waals surface area contributed by atoms with Gasteiger partial charge in [0.25, 0.3) is 0 Å². The van der Waals surface area contributed by atoms with Crippen molar-refractivity contribution in [3.63, 3.8) is 0 Å². The van der Waals surface area contributed by atoms with Gasteiger partial charge in [-0.15, -0.1) is 0 Å². The second kappa shape index (κ2) is 7.18. The number of carboxylic acids is 1. The number of carboxylic acid groups (broad SMARTS) is 1. The molecule has 146 valence electrons. The third kappa shape index (κ3) is 3.52. The summed E-state index contributed by atoms with van der Waals surface area (Å²) < 4.78 is 5.87. The van der Waals surface area contributed by atoms with Gasteiger partial charge in [0.05, 0.1) is 10.6 Å². The number of aromatic carboxylic acids is 1. The van der Waals surface area contributed by atoms with Crippen LogP contribution in [0.1, 0.15) is 34.3 Å². The van der Waals surface area contributed by atoms with Crippen LogP contribution in [-0.4, -0.2) is 27.0 Å². The summed E-state index contributed by atoms with van der Waals surface area (Å²) in [5, 5.41) is 22.7. The van der Waals surface area contributed by atoms with Gasteiger partial charge in [-0.1, -0.05) is 30.4 Å². The smallest absolute Gasteiger partial charge is 0.336 e. The SMILES string of the molecule is CC(=S)Nc1ccc(C2c3ccc(O)cc3OC3=CC(=O)C=CC32)c(C(=O)O)c1. The van der Waals surface area contributed by atoms with Crippen molar-refractivity contribution in [1.82, 2.24) is 0 Å². The average molecular weight is 407 g/mol. The second-order valence-electron chi connectivity index (χ2n) is 6.92. The molecule has 0 spiro atoms. The lowest BCUT2D eigenvalue weighted by Crippen LogP contribution is -2.27. The molecule has 1 aliphatic carbocycles. The lowest BCUT2D eigenvalue weighted by atomic mass is 9.74. The molecule has 0 aromatic heterocycles.